The van der Waals surface area contributed by atoms with Gasteiger partial charge in [-0.05, 0) is 53.4 Å². The van der Waals surface area contributed by atoms with Gasteiger partial charge in [-0.25, -0.2) is 0 Å². The summed E-state index contributed by atoms with van der Waals surface area (Å²) in [4.78, 5) is 28.1. The summed E-state index contributed by atoms with van der Waals surface area (Å²) in [5.41, 5.74) is -1.84. The van der Waals surface area contributed by atoms with E-state index in [1.165, 1.54) is 193 Å². The molecule has 0 bridgehead atoms. The highest BCUT2D eigenvalue weighted by Gasteiger charge is 2.64. The quantitative estimate of drug-likeness (QED) is 0.0821. The number of methoxy groups -OCH3 is 1. The van der Waals surface area contributed by atoms with Crippen LogP contribution < -0.4 is 5.32 Å². The molecule has 2 saturated heterocycles. The van der Waals surface area contributed by atoms with Crippen LogP contribution in [-0.4, -0.2) is 52.8 Å². The van der Waals surface area contributed by atoms with Crippen molar-refractivity contribution in [3.63, 3.8) is 0 Å². The van der Waals surface area contributed by atoms with E-state index in [-0.39, 0.29) is 29.4 Å². The van der Waals surface area contributed by atoms with Crippen LogP contribution in [0.3, 0.4) is 0 Å². The van der Waals surface area contributed by atoms with Gasteiger partial charge in [-0.2, -0.15) is 0 Å². The van der Waals surface area contributed by atoms with Crippen molar-refractivity contribution >= 4 is 11.9 Å². The average Bonchev–Trinajstić information content (AvgIpc) is 3.37. The van der Waals surface area contributed by atoms with E-state index in [2.05, 4.69) is 60.7 Å². The van der Waals surface area contributed by atoms with Gasteiger partial charge in [0.05, 0.1) is 13.5 Å². The van der Waals surface area contributed by atoms with E-state index >= 15 is 0 Å². The number of ether oxygens (including phenoxy) is 2. The number of unbranched alkanes of at least 4 members (excludes halogenated alkanes) is 20. The fraction of sp³-hybridized carbons (Fsp3) is 0.962. The fourth-order valence-corrected chi connectivity index (χ4v) is 10.2. The van der Waals surface area contributed by atoms with E-state index in [9.17, 15) is 9.59 Å². The number of carbonyl (C=O) groups excluding carboxylic acids is 2. The molecule has 0 unspecified atom stereocenters. The second-order valence-corrected chi connectivity index (χ2v) is 20.1. The van der Waals surface area contributed by atoms with Gasteiger partial charge in [-0.3, -0.25) is 9.59 Å². The van der Waals surface area contributed by atoms with Gasteiger partial charge in [0.2, 0.25) is 0 Å². The number of piperidine rings is 1. The minimum Gasteiger partial charge on any atom is -0.469 e. The van der Waals surface area contributed by atoms with Crippen molar-refractivity contribution in [2.45, 2.75) is 309 Å². The molecule has 0 radical (unpaired) electrons. The van der Waals surface area contributed by atoms with E-state index in [1.807, 2.05) is 4.90 Å². The van der Waals surface area contributed by atoms with Gasteiger partial charge < -0.3 is 19.7 Å². The maximum absolute atomic E-state index is 14.1. The summed E-state index contributed by atoms with van der Waals surface area (Å²) >= 11 is 0. The zero-order valence-electron chi connectivity index (χ0n) is 40.7. The number of nitrogens with zero attached hydrogens (tertiary/aromatic N) is 1. The Balaban J connectivity index is 0.000000534. The molecule has 3 aliphatic rings. The Kier molecular flexibility index (Phi) is 30.8. The highest BCUT2D eigenvalue weighted by molar-refractivity contribution is 5.89. The molecule has 58 heavy (non-hydrogen) atoms. The van der Waals surface area contributed by atoms with Crippen LogP contribution in [0, 0.1) is 0 Å². The number of rotatable bonds is 23. The van der Waals surface area contributed by atoms with Gasteiger partial charge in [0.25, 0.3) is 5.91 Å². The number of carbonyl (C=O) groups is 2. The molecular formula is C52H102N2O4. The van der Waals surface area contributed by atoms with E-state index in [4.69, 9.17) is 9.47 Å². The number of hydrogen-bond donors (Lipinski definition) is 1. The minimum atomic E-state index is -0.828. The molecule has 6 heteroatoms. The molecule has 2 aliphatic heterocycles. The molecule has 1 saturated carbocycles. The average molecular weight is 819 g/mol. The Bertz CT molecular complexity index is 959. The standard InChI is InChI=1S/C26H46N2O4.C14H30.C12H26/c1-23(2)19-25(20-24(3,4)27-23)22(30)28(18-15-21(29)31-5)26(32-25)16-13-11-9-7-6-8-10-12-14-17-26;1-3-5-7-9-11-13-14-12-10-8-6-4-2;1-3-5-7-9-11-12-10-8-6-4-2/h27H,6-20H2,1-5H3;3-14H2,1-2H3;3-12H2,1-2H3. The first-order chi connectivity index (χ1) is 27.9. The van der Waals surface area contributed by atoms with E-state index < -0.39 is 11.3 Å². The van der Waals surface area contributed by atoms with Crippen molar-refractivity contribution in [3.8, 4) is 0 Å². The highest BCUT2D eigenvalue weighted by Crippen LogP contribution is 2.51. The largest absolute Gasteiger partial charge is 0.469 e. The maximum Gasteiger partial charge on any atom is 0.307 e. The second kappa shape index (κ2) is 32.6. The third-order valence-corrected chi connectivity index (χ3v) is 13.0. The Labute approximate surface area is 362 Å². The fourth-order valence-electron chi connectivity index (χ4n) is 10.2. The summed E-state index contributed by atoms with van der Waals surface area (Å²) in [5, 5.41) is 3.70. The van der Waals surface area contributed by atoms with Gasteiger partial charge in [-0.1, -0.05) is 214 Å². The minimum absolute atomic E-state index is 0.0798. The van der Waals surface area contributed by atoms with Gasteiger partial charge in [-0.15, -0.1) is 0 Å². The Morgan fingerprint density at radius 1 is 0.552 bits per heavy atom. The number of amides is 1. The van der Waals surface area contributed by atoms with Crippen LogP contribution in [0.25, 0.3) is 0 Å². The summed E-state index contributed by atoms with van der Waals surface area (Å²) in [7, 11) is 1.41. The van der Waals surface area contributed by atoms with Gasteiger partial charge in [0, 0.05) is 30.5 Å². The normalized spacial score (nSPS) is 20.0. The zero-order valence-corrected chi connectivity index (χ0v) is 40.7. The lowest BCUT2D eigenvalue weighted by Gasteiger charge is -2.50. The molecule has 2 heterocycles. The van der Waals surface area contributed by atoms with E-state index in [1.54, 1.807) is 0 Å². The highest BCUT2D eigenvalue weighted by atomic mass is 16.6. The molecule has 0 aromatic carbocycles. The monoisotopic (exact) mass is 819 g/mol. The Morgan fingerprint density at radius 3 is 1.17 bits per heavy atom. The predicted molar refractivity (Wildman–Crippen MR) is 250 cm³/mol. The molecule has 1 N–H and O–H groups in total. The van der Waals surface area contributed by atoms with E-state index in [0.29, 0.717) is 19.4 Å². The van der Waals surface area contributed by atoms with Crippen molar-refractivity contribution in [1.29, 1.82) is 0 Å². The van der Waals surface area contributed by atoms with Crippen molar-refractivity contribution in [3.05, 3.63) is 0 Å². The number of nitrogens with one attached hydrogen (secondary N) is 1. The molecule has 3 rings (SSSR count). The van der Waals surface area contributed by atoms with E-state index in [0.717, 1.165) is 25.7 Å². The molecule has 0 aromatic rings. The van der Waals surface area contributed by atoms with Crippen LogP contribution in [0.15, 0.2) is 0 Å². The molecule has 344 valence electrons. The third kappa shape index (κ3) is 23.7. The van der Waals surface area contributed by atoms with Crippen LogP contribution in [0.5, 0.6) is 0 Å². The van der Waals surface area contributed by atoms with Crippen LogP contribution in [-0.2, 0) is 19.1 Å². The van der Waals surface area contributed by atoms with Crippen molar-refractivity contribution in [1.82, 2.24) is 10.2 Å². The molecule has 1 amide bonds. The SMILES string of the molecule is CCCCCCCCCCCC.CCCCCCCCCCCCCC.COC(=O)CCN1C(=O)C2(CC(C)(C)NC(C)(C)C2)OC12CCCCCCCCCCC2. The van der Waals surface area contributed by atoms with Gasteiger partial charge >= 0.3 is 5.97 Å². The molecular weight excluding hydrogens is 717 g/mol. The molecule has 3 fully saturated rings. The maximum atomic E-state index is 14.1. The van der Waals surface area contributed by atoms with Gasteiger partial charge in [0.15, 0.2) is 5.60 Å². The van der Waals surface area contributed by atoms with Crippen LogP contribution in [0.2, 0.25) is 0 Å². The second-order valence-electron chi connectivity index (χ2n) is 20.1. The summed E-state index contributed by atoms with van der Waals surface area (Å²) in [6, 6.07) is 0. The first-order valence-corrected chi connectivity index (χ1v) is 25.7. The van der Waals surface area contributed by atoms with Crippen LogP contribution in [0.4, 0.5) is 0 Å². The number of esters is 1. The summed E-state index contributed by atoms with van der Waals surface area (Å²) in [6.45, 7) is 18.2. The summed E-state index contributed by atoms with van der Waals surface area (Å²) in [5.74, 6) is -0.191. The van der Waals surface area contributed by atoms with Crippen molar-refractivity contribution in [2.24, 2.45) is 0 Å². The van der Waals surface area contributed by atoms with Crippen molar-refractivity contribution < 1.29 is 19.1 Å². The Hall–Kier alpha value is -1.14. The molecule has 2 spiro atoms. The zero-order chi connectivity index (χ0) is 43.0. The first kappa shape index (κ1) is 54.9. The lowest BCUT2D eigenvalue weighted by Crippen LogP contribution is -2.65. The van der Waals surface area contributed by atoms with Gasteiger partial charge in [0.1, 0.15) is 5.72 Å². The van der Waals surface area contributed by atoms with Crippen LogP contribution >= 0.6 is 0 Å². The third-order valence-electron chi connectivity index (χ3n) is 13.0. The molecule has 6 nitrogen and oxygen atoms in total. The van der Waals surface area contributed by atoms with Crippen LogP contribution in [0.1, 0.15) is 287 Å². The Morgan fingerprint density at radius 2 is 0.862 bits per heavy atom. The summed E-state index contributed by atoms with van der Waals surface area (Å²) < 4.78 is 12.0. The first-order valence-electron chi connectivity index (χ1n) is 25.7. The number of hydrogen-bond acceptors (Lipinski definition) is 5. The lowest BCUT2D eigenvalue weighted by atomic mass is 9.72. The molecule has 0 atom stereocenters. The smallest absolute Gasteiger partial charge is 0.307 e. The molecule has 1 aliphatic carbocycles. The molecule has 0 aromatic heterocycles. The summed E-state index contributed by atoms with van der Waals surface area (Å²) in [6.07, 6.45) is 46.0. The topological polar surface area (TPSA) is 67.9 Å². The predicted octanol–water partition coefficient (Wildman–Crippen LogP) is 15.7. The lowest BCUT2D eigenvalue weighted by molar-refractivity contribution is -0.177. The van der Waals surface area contributed by atoms with Crippen molar-refractivity contribution in [2.75, 3.05) is 13.7 Å².